The fraction of sp³-hybridized carbons (Fsp3) is 0.0800. The first-order valence-electron chi connectivity index (χ1n) is 9.93. The predicted octanol–water partition coefficient (Wildman–Crippen LogP) is 4.54. The van der Waals surface area contributed by atoms with Crippen molar-refractivity contribution in [3.8, 4) is 17.6 Å². The molecule has 0 radical (unpaired) electrons. The van der Waals surface area contributed by atoms with Crippen molar-refractivity contribution in [2.24, 2.45) is 0 Å². The smallest absolute Gasteiger partial charge is 0.266 e. The number of nitrogens with one attached hydrogen (secondary N) is 2. The zero-order valence-electron chi connectivity index (χ0n) is 18.0. The second-order valence-electron chi connectivity index (χ2n) is 6.88. The van der Waals surface area contributed by atoms with Crippen LogP contribution in [0.25, 0.3) is 6.08 Å². The molecule has 0 aliphatic carbocycles. The van der Waals surface area contributed by atoms with Crippen LogP contribution in [0, 0.1) is 23.0 Å². The van der Waals surface area contributed by atoms with Gasteiger partial charge in [-0.3, -0.25) is 9.59 Å². The average molecular weight is 463 g/mol. The Kier molecular flexibility index (Phi) is 7.92. The first-order chi connectivity index (χ1) is 16.4. The summed E-state index contributed by atoms with van der Waals surface area (Å²) < 4.78 is 36.8. The summed E-state index contributed by atoms with van der Waals surface area (Å²) in [4.78, 5) is 24.5. The number of nitriles is 1. The molecular weight excluding hydrogens is 444 g/mol. The number of carbonyl (C=O) groups is 2. The van der Waals surface area contributed by atoms with E-state index in [1.807, 2.05) is 6.07 Å². The molecule has 0 heterocycles. The summed E-state index contributed by atoms with van der Waals surface area (Å²) in [7, 11) is 1.40. The largest absolute Gasteiger partial charge is 0.493 e. The molecule has 0 saturated heterocycles. The zero-order chi connectivity index (χ0) is 24.5. The fourth-order valence-corrected chi connectivity index (χ4v) is 2.81. The Morgan fingerprint density at radius 2 is 1.50 bits per heavy atom. The lowest BCUT2D eigenvalue weighted by Crippen LogP contribution is -2.20. The van der Waals surface area contributed by atoms with Crippen LogP contribution in [0.15, 0.2) is 72.3 Å². The minimum atomic E-state index is -0.661. The summed E-state index contributed by atoms with van der Waals surface area (Å²) in [6.07, 6.45) is 1.35. The number of halogens is 2. The van der Waals surface area contributed by atoms with Gasteiger partial charge in [0.25, 0.3) is 11.8 Å². The number of rotatable bonds is 8. The topological polar surface area (TPSA) is 100 Å². The molecule has 0 bridgehead atoms. The van der Waals surface area contributed by atoms with E-state index in [4.69, 9.17) is 9.47 Å². The van der Waals surface area contributed by atoms with Gasteiger partial charge < -0.3 is 20.1 Å². The molecule has 3 aromatic carbocycles. The number of carbonyl (C=O) groups excluding carboxylic acids is 2. The minimum absolute atomic E-state index is 0.182. The average Bonchev–Trinajstić information content (AvgIpc) is 2.84. The highest BCUT2D eigenvalue weighted by Crippen LogP contribution is 2.29. The van der Waals surface area contributed by atoms with Gasteiger partial charge in [0, 0.05) is 11.4 Å². The second kappa shape index (κ2) is 11.2. The third-order valence-electron chi connectivity index (χ3n) is 4.45. The van der Waals surface area contributed by atoms with E-state index in [1.165, 1.54) is 73.8 Å². The number of methoxy groups -OCH3 is 1. The standard InChI is InChI=1S/C25H19F2N3O4/c1-33-23-13-16(12-17(14-28)25(32)30-21-9-5-19(27)6-10-21)2-11-22(23)34-15-24(31)29-20-7-3-18(26)4-8-20/h2-13H,15H2,1H3,(H,29,31)(H,30,32)/b17-12+. The molecule has 0 saturated carbocycles. The maximum Gasteiger partial charge on any atom is 0.266 e. The monoisotopic (exact) mass is 463 g/mol. The van der Waals surface area contributed by atoms with Crippen molar-refractivity contribution in [2.75, 3.05) is 24.4 Å². The molecule has 3 rings (SSSR count). The summed E-state index contributed by atoms with van der Waals surface area (Å²) in [5, 5.41) is 14.5. The van der Waals surface area contributed by atoms with Gasteiger partial charge in [-0.25, -0.2) is 8.78 Å². The van der Waals surface area contributed by atoms with Gasteiger partial charge in [0.15, 0.2) is 18.1 Å². The molecule has 0 aliphatic heterocycles. The van der Waals surface area contributed by atoms with E-state index in [9.17, 15) is 23.6 Å². The van der Waals surface area contributed by atoms with Gasteiger partial charge in [-0.15, -0.1) is 0 Å². The molecule has 7 nitrogen and oxygen atoms in total. The molecule has 0 aromatic heterocycles. The molecule has 3 aromatic rings. The first kappa shape index (κ1) is 23.9. The minimum Gasteiger partial charge on any atom is -0.493 e. The van der Waals surface area contributed by atoms with E-state index in [-0.39, 0.29) is 23.7 Å². The van der Waals surface area contributed by atoms with Crippen LogP contribution >= 0.6 is 0 Å². The van der Waals surface area contributed by atoms with Crippen molar-refractivity contribution >= 4 is 29.3 Å². The van der Waals surface area contributed by atoms with Crippen molar-refractivity contribution in [3.63, 3.8) is 0 Å². The van der Waals surface area contributed by atoms with Crippen molar-refractivity contribution in [2.45, 2.75) is 0 Å². The quantitative estimate of drug-likeness (QED) is 0.378. The van der Waals surface area contributed by atoms with E-state index in [0.717, 1.165) is 0 Å². The van der Waals surface area contributed by atoms with Crippen molar-refractivity contribution in [1.82, 2.24) is 0 Å². The number of benzene rings is 3. The number of nitrogens with zero attached hydrogens (tertiary/aromatic N) is 1. The molecule has 0 spiro atoms. The highest BCUT2D eigenvalue weighted by atomic mass is 19.1. The predicted molar refractivity (Wildman–Crippen MR) is 122 cm³/mol. The first-order valence-corrected chi connectivity index (χ1v) is 9.93. The lowest BCUT2D eigenvalue weighted by Gasteiger charge is -2.12. The Hall–Kier alpha value is -4.71. The van der Waals surface area contributed by atoms with E-state index in [2.05, 4.69) is 10.6 Å². The molecule has 34 heavy (non-hydrogen) atoms. The van der Waals surface area contributed by atoms with Gasteiger partial charge in [0.2, 0.25) is 0 Å². The summed E-state index contributed by atoms with van der Waals surface area (Å²) in [5.74, 6) is -1.44. The van der Waals surface area contributed by atoms with Gasteiger partial charge in [-0.05, 0) is 72.3 Å². The molecule has 172 valence electrons. The maximum absolute atomic E-state index is 13.0. The highest BCUT2D eigenvalue weighted by molar-refractivity contribution is 6.09. The fourth-order valence-electron chi connectivity index (χ4n) is 2.81. The molecule has 0 unspecified atom stereocenters. The molecule has 9 heteroatoms. The maximum atomic E-state index is 13.0. The third-order valence-corrected chi connectivity index (χ3v) is 4.45. The summed E-state index contributed by atoms with van der Waals surface area (Å²) in [5.41, 5.74) is 1.06. The van der Waals surface area contributed by atoms with Crippen LogP contribution in [0.4, 0.5) is 20.2 Å². The number of anilines is 2. The highest BCUT2D eigenvalue weighted by Gasteiger charge is 2.12. The summed E-state index contributed by atoms with van der Waals surface area (Å²) in [6.45, 7) is -0.327. The summed E-state index contributed by atoms with van der Waals surface area (Å²) >= 11 is 0. The van der Waals surface area contributed by atoms with Crippen LogP contribution < -0.4 is 20.1 Å². The molecule has 0 atom stereocenters. The Balaban J connectivity index is 1.66. The number of ether oxygens (including phenoxy) is 2. The SMILES string of the molecule is COc1cc(/C=C(\C#N)C(=O)Nc2ccc(F)cc2)ccc1OCC(=O)Nc1ccc(F)cc1. The van der Waals surface area contributed by atoms with Crippen molar-refractivity contribution in [1.29, 1.82) is 5.26 Å². The van der Waals surface area contributed by atoms with Crippen LogP contribution in [-0.2, 0) is 9.59 Å². The van der Waals surface area contributed by atoms with Gasteiger partial charge in [0.05, 0.1) is 7.11 Å². The van der Waals surface area contributed by atoms with E-state index < -0.39 is 23.4 Å². The normalized spacial score (nSPS) is 10.7. The Morgan fingerprint density at radius 1 is 0.912 bits per heavy atom. The molecule has 0 fully saturated rings. The van der Waals surface area contributed by atoms with Crippen LogP contribution in [0.3, 0.4) is 0 Å². The Bertz CT molecular complexity index is 1250. The van der Waals surface area contributed by atoms with Crippen LogP contribution in [-0.4, -0.2) is 25.5 Å². The molecular formula is C25H19F2N3O4. The van der Waals surface area contributed by atoms with E-state index in [1.54, 1.807) is 6.07 Å². The van der Waals surface area contributed by atoms with Gasteiger partial charge >= 0.3 is 0 Å². The second-order valence-corrected chi connectivity index (χ2v) is 6.88. The lowest BCUT2D eigenvalue weighted by atomic mass is 10.1. The Morgan fingerprint density at radius 3 is 2.06 bits per heavy atom. The van der Waals surface area contributed by atoms with E-state index in [0.29, 0.717) is 16.9 Å². The lowest BCUT2D eigenvalue weighted by molar-refractivity contribution is -0.118. The molecule has 0 aliphatic rings. The zero-order valence-corrected chi connectivity index (χ0v) is 18.0. The van der Waals surface area contributed by atoms with Crippen LogP contribution in [0.2, 0.25) is 0 Å². The third kappa shape index (κ3) is 6.64. The Labute approximate surface area is 194 Å². The molecule has 2 amide bonds. The van der Waals surface area contributed by atoms with Crippen molar-refractivity contribution < 1.29 is 27.8 Å². The van der Waals surface area contributed by atoms with Gasteiger partial charge in [0.1, 0.15) is 23.3 Å². The number of hydrogen-bond acceptors (Lipinski definition) is 5. The number of hydrogen-bond donors (Lipinski definition) is 2. The molecule has 2 N–H and O–H groups in total. The van der Waals surface area contributed by atoms with E-state index >= 15 is 0 Å². The van der Waals surface area contributed by atoms with Crippen LogP contribution in [0.5, 0.6) is 11.5 Å². The summed E-state index contributed by atoms with van der Waals surface area (Å²) in [6, 6.07) is 16.9. The number of amides is 2. The van der Waals surface area contributed by atoms with Crippen molar-refractivity contribution in [3.05, 3.63) is 89.5 Å². The van der Waals surface area contributed by atoms with Gasteiger partial charge in [-0.2, -0.15) is 5.26 Å². The van der Waals surface area contributed by atoms with Gasteiger partial charge in [-0.1, -0.05) is 6.07 Å². The van der Waals surface area contributed by atoms with Crippen LogP contribution in [0.1, 0.15) is 5.56 Å².